The van der Waals surface area contributed by atoms with Crippen LogP contribution in [-0.4, -0.2) is 24.9 Å². The van der Waals surface area contributed by atoms with E-state index in [2.05, 4.69) is 5.32 Å². The van der Waals surface area contributed by atoms with Gasteiger partial charge in [0.2, 0.25) is 11.8 Å². The molecular weight excluding hydrogens is 328 g/mol. The minimum Gasteiger partial charge on any atom is -0.489 e. The normalized spacial score (nSPS) is 16.6. The van der Waals surface area contributed by atoms with E-state index in [1.165, 1.54) is 0 Å². The van der Waals surface area contributed by atoms with E-state index in [0.717, 1.165) is 23.4 Å². The summed E-state index contributed by atoms with van der Waals surface area (Å²) in [6.07, 6.45) is 1.16. The van der Waals surface area contributed by atoms with E-state index in [1.54, 1.807) is 4.90 Å². The lowest BCUT2D eigenvalue weighted by Crippen LogP contribution is -2.33. The van der Waals surface area contributed by atoms with Gasteiger partial charge in [-0.05, 0) is 36.2 Å². The van der Waals surface area contributed by atoms with Crippen molar-refractivity contribution < 1.29 is 14.3 Å². The molecule has 5 nitrogen and oxygen atoms in total. The Morgan fingerprint density at radius 2 is 1.88 bits per heavy atom. The summed E-state index contributed by atoms with van der Waals surface area (Å²) in [6, 6.07) is 17.4. The number of carbonyl (C=O) groups is 2. The molecule has 0 aliphatic carbocycles. The SMILES string of the molecule is CCCNC(=O)[C@H]1CC(=O)N(c2ccc(OCc3ccccc3)cc2)C1. The molecule has 0 unspecified atom stereocenters. The lowest BCUT2D eigenvalue weighted by atomic mass is 10.1. The first-order valence-corrected chi connectivity index (χ1v) is 9.02. The Balaban J connectivity index is 1.58. The number of ether oxygens (including phenoxy) is 1. The van der Waals surface area contributed by atoms with Crippen LogP contribution < -0.4 is 15.0 Å². The fourth-order valence-electron chi connectivity index (χ4n) is 2.99. The largest absolute Gasteiger partial charge is 0.489 e. The van der Waals surface area contributed by atoms with Gasteiger partial charge in [0, 0.05) is 25.2 Å². The maximum absolute atomic E-state index is 12.3. The van der Waals surface area contributed by atoms with E-state index >= 15 is 0 Å². The van der Waals surface area contributed by atoms with Crippen LogP contribution >= 0.6 is 0 Å². The van der Waals surface area contributed by atoms with Crippen molar-refractivity contribution >= 4 is 17.5 Å². The van der Waals surface area contributed by atoms with E-state index in [1.807, 2.05) is 61.5 Å². The van der Waals surface area contributed by atoms with E-state index in [0.29, 0.717) is 19.7 Å². The zero-order valence-corrected chi connectivity index (χ0v) is 15.0. The highest BCUT2D eigenvalue weighted by Crippen LogP contribution is 2.27. The number of rotatable bonds is 7. The number of amides is 2. The van der Waals surface area contributed by atoms with Gasteiger partial charge in [-0.25, -0.2) is 0 Å². The molecule has 136 valence electrons. The summed E-state index contributed by atoms with van der Waals surface area (Å²) in [4.78, 5) is 26.0. The molecule has 1 saturated heterocycles. The maximum Gasteiger partial charge on any atom is 0.227 e. The molecule has 3 rings (SSSR count). The molecule has 0 aromatic heterocycles. The van der Waals surface area contributed by atoms with E-state index in [9.17, 15) is 9.59 Å². The molecule has 2 amide bonds. The van der Waals surface area contributed by atoms with Crippen molar-refractivity contribution in [2.24, 2.45) is 5.92 Å². The Morgan fingerprint density at radius 1 is 1.15 bits per heavy atom. The summed E-state index contributed by atoms with van der Waals surface area (Å²) >= 11 is 0. The van der Waals surface area contributed by atoms with Gasteiger partial charge in [0.05, 0.1) is 5.92 Å². The lowest BCUT2D eigenvalue weighted by molar-refractivity contribution is -0.126. The summed E-state index contributed by atoms with van der Waals surface area (Å²) in [5.74, 6) is 0.426. The molecule has 1 atom stereocenters. The number of anilines is 1. The van der Waals surface area contributed by atoms with Crippen LogP contribution in [0.5, 0.6) is 5.75 Å². The van der Waals surface area contributed by atoms with Gasteiger partial charge in [-0.2, -0.15) is 0 Å². The van der Waals surface area contributed by atoms with Crippen molar-refractivity contribution in [1.82, 2.24) is 5.32 Å². The molecule has 2 aromatic carbocycles. The second kappa shape index (κ2) is 8.52. The van der Waals surface area contributed by atoms with Crippen molar-refractivity contribution in [3.05, 3.63) is 60.2 Å². The Morgan fingerprint density at radius 3 is 2.58 bits per heavy atom. The van der Waals surface area contributed by atoms with Crippen molar-refractivity contribution in [1.29, 1.82) is 0 Å². The summed E-state index contributed by atoms with van der Waals surface area (Å²) in [5, 5.41) is 2.87. The van der Waals surface area contributed by atoms with Crippen LogP contribution in [0.2, 0.25) is 0 Å². The molecule has 0 bridgehead atoms. The Labute approximate surface area is 154 Å². The van der Waals surface area contributed by atoms with Gasteiger partial charge in [0.1, 0.15) is 12.4 Å². The number of hydrogen-bond acceptors (Lipinski definition) is 3. The van der Waals surface area contributed by atoms with Crippen LogP contribution in [0.25, 0.3) is 0 Å². The number of nitrogens with zero attached hydrogens (tertiary/aromatic N) is 1. The number of nitrogens with one attached hydrogen (secondary N) is 1. The molecule has 26 heavy (non-hydrogen) atoms. The van der Waals surface area contributed by atoms with Gasteiger partial charge in [-0.15, -0.1) is 0 Å². The van der Waals surface area contributed by atoms with Gasteiger partial charge in [-0.1, -0.05) is 37.3 Å². The quantitative estimate of drug-likeness (QED) is 0.833. The second-order valence-electron chi connectivity index (χ2n) is 6.46. The Kier molecular flexibility index (Phi) is 5.89. The zero-order chi connectivity index (χ0) is 18.4. The first-order chi connectivity index (χ1) is 12.7. The van der Waals surface area contributed by atoms with Crippen LogP contribution in [0.1, 0.15) is 25.3 Å². The average Bonchev–Trinajstić information content (AvgIpc) is 3.07. The first kappa shape index (κ1) is 18.0. The molecule has 1 heterocycles. The molecule has 1 fully saturated rings. The molecule has 0 spiro atoms. The van der Waals surface area contributed by atoms with Crippen LogP contribution in [0.15, 0.2) is 54.6 Å². The number of benzene rings is 2. The van der Waals surface area contributed by atoms with Crippen LogP contribution in [-0.2, 0) is 16.2 Å². The number of carbonyl (C=O) groups excluding carboxylic acids is 2. The topological polar surface area (TPSA) is 58.6 Å². The highest BCUT2D eigenvalue weighted by atomic mass is 16.5. The highest BCUT2D eigenvalue weighted by molar-refractivity contribution is 6.00. The van der Waals surface area contributed by atoms with Crippen molar-refractivity contribution in [3.63, 3.8) is 0 Å². The van der Waals surface area contributed by atoms with Crippen LogP contribution in [0.3, 0.4) is 0 Å². The maximum atomic E-state index is 12.3. The molecule has 1 aliphatic rings. The fourth-order valence-corrected chi connectivity index (χ4v) is 2.99. The summed E-state index contributed by atoms with van der Waals surface area (Å²) in [6.45, 7) is 3.59. The van der Waals surface area contributed by atoms with E-state index in [4.69, 9.17) is 4.74 Å². The van der Waals surface area contributed by atoms with E-state index < -0.39 is 0 Å². The zero-order valence-electron chi connectivity index (χ0n) is 15.0. The third-order valence-corrected chi connectivity index (χ3v) is 4.44. The van der Waals surface area contributed by atoms with Crippen LogP contribution in [0, 0.1) is 5.92 Å². The highest BCUT2D eigenvalue weighted by Gasteiger charge is 2.34. The standard InChI is InChI=1S/C21H24N2O3/c1-2-12-22-21(25)17-13-20(24)23(14-17)18-8-10-19(11-9-18)26-15-16-6-4-3-5-7-16/h3-11,17H,2,12-15H2,1H3,(H,22,25)/t17-/m0/s1. The Bertz CT molecular complexity index is 744. The average molecular weight is 352 g/mol. The van der Waals surface area contributed by atoms with Gasteiger partial charge >= 0.3 is 0 Å². The monoisotopic (exact) mass is 352 g/mol. The molecule has 2 aromatic rings. The van der Waals surface area contributed by atoms with Crippen molar-refractivity contribution in [2.45, 2.75) is 26.4 Å². The Hall–Kier alpha value is -2.82. The molecule has 1 aliphatic heterocycles. The third kappa shape index (κ3) is 4.42. The van der Waals surface area contributed by atoms with Crippen LogP contribution in [0.4, 0.5) is 5.69 Å². The molecule has 1 N–H and O–H groups in total. The lowest BCUT2D eigenvalue weighted by Gasteiger charge is -2.17. The molecule has 5 heteroatoms. The van der Waals surface area contributed by atoms with Gasteiger partial charge in [-0.3, -0.25) is 9.59 Å². The third-order valence-electron chi connectivity index (χ3n) is 4.44. The molecular formula is C21H24N2O3. The summed E-state index contributed by atoms with van der Waals surface area (Å²) < 4.78 is 5.77. The van der Waals surface area contributed by atoms with Crippen molar-refractivity contribution in [2.75, 3.05) is 18.0 Å². The smallest absolute Gasteiger partial charge is 0.227 e. The summed E-state index contributed by atoms with van der Waals surface area (Å²) in [7, 11) is 0. The van der Waals surface area contributed by atoms with Gasteiger partial charge in [0.25, 0.3) is 0 Å². The van der Waals surface area contributed by atoms with E-state index in [-0.39, 0.29) is 24.2 Å². The second-order valence-corrected chi connectivity index (χ2v) is 6.46. The fraction of sp³-hybridized carbons (Fsp3) is 0.333. The minimum atomic E-state index is -0.275. The van der Waals surface area contributed by atoms with Crippen molar-refractivity contribution in [3.8, 4) is 5.75 Å². The summed E-state index contributed by atoms with van der Waals surface area (Å²) in [5.41, 5.74) is 1.90. The molecule has 0 radical (unpaired) electrons. The molecule has 0 saturated carbocycles. The van der Waals surface area contributed by atoms with Gasteiger partial charge < -0.3 is 15.0 Å². The predicted octanol–water partition coefficient (Wildman–Crippen LogP) is 3.14. The predicted molar refractivity (Wildman–Crippen MR) is 101 cm³/mol. The first-order valence-electron chi connectivity index (χ1n) is 9.02. The minimum absolute atomic E-state index is 0.0143. The number of hydrogen-bond donors (Lipinski definition) is 1. The van der Waals surface area contributed by atoms with Gasteiger partial charge in [0.15, 0.2) is 0 Å².